The number of hydrogen-bond donors (Lipinski definition) is 0. The zero-order valence-electron chi connectivity index (χ0n) is 10.3. The van der Waals surface area contributed by atoms with E-state index in [9.17, 15) is 4.79 Å². The highest BCUT2D eigenvalue weighted by atomic mass is 16.6. The van der Waals surface area contributed by atoms with Crippen LogP contribution in [0.3, 0.4) is 0 Å². The van der Waals surface area contributed by atoms with Gasteiger partial charge in [0.1, 0.15) is 11.5 Å². The quantitative estimate of drug-likeness (QED) is 0.413. The van der Waals surface area contributed by atoms with Crippen LogP contribution < -0.4 is 0 Å². The minimum atomic E-state index is -0.0997. The molecule has 0 spiro atoms. The van der Waals surface area contributed by atoms with Gasteiger partial charge in [-0.05, 0) is 13.3 Å². The molecular weight excluding hydrogens is 214 g/mol. The molecule has 0 aromatic rings. The highest BCUT2D eigenvalue weighted by Crippen LogP contribution is 2.16. The first-order valence-corrected chi connectivity index (χ1v) is 5.51. The lowest BCUT2D eigenvalue weighted by atomic mass is 10.1. The third kappa shape index (κ3) is 5.11. The van der Waals surface area contributed by atoms with Crippen LogP contribution >= 0.6 is 0 Å². The third-order valence-electron chi connectivity index (χ3n) is 2.32. The summed E-state index contributed by atoms with van der Waals surface area (Å²) in [5, 5.41) is 3.72. The van der Waals surface area contributed by atoms with Crippen molar-refractivity contribution < 1.29 is 9.63 Å². The summed E-state index contributed by atoms with van der Waals surface area (Å²) in [7, 11) is 0. The van der Waals surface area contributed by atoms with Crippen LogP contribution in [0.5, 0.6) is 0 Å². The Bertz CT molecular complexity index is 426. The molecule has 0 aromatic heterocycles. The number of Topliss-reactive ketones (excluding diaryl/α,β-unsaturated/α-hetero) is 1. The van der Waals surface area contributed by atoms with Gasteiger partial charge >= 0.3 is 0 Å². The van der Waals surface area contributed by atoms with E-state index in [2.05, 4.69) is 17.8 Å². The SMILES string of the molecule is C=C(CC1=CC=CC=CC1)O/N=C(\C)C(C)=O. The lowest BCUT2D eigenvalue weighted by Gasteiger charge is -2.05. The smallest absolute Gasteiger partial charge is 0.177 e. The summed E-state index contributed by atoms with van der Waals surface area (Å²) in [6.07, 6.45) is 11.6. The lowest BCUT2D eigenvalue weighted by molar-refractivity contribution is -0.111. The van der Waals surface area contributed by atoms with Gasteiger partial charge in [-0.3, -0.25) is 4.79 Å². The van der Waals surface area contributed by atoms with Crippen molar-refractivity contribution >= 4 is 11.5 Å². The Kier molecular flexibility index (Phi) is 5.14. The van der Waals surface area contributed by atoms with Crippen molar-refractivity contribution in [2.75, 3.05) is 0 Å². The van der Waals surface area contributed by atoms with Crippen LogP contribution in [0, 0.1) is 0 Å². The van der Waals surface area contributed by atoms with Crippen molar-refractivity contribution in [2.45, 2.75) is 26.7 Å². The van der Waals surface area contributed by atoms with E-state index in [4.69, 9.17) is 4.84 Å². The second-order valence-electron chi connectivity index (χ2n) is 3.88. The molecule has 0 amide bonds. The molecule has 0 aromatic carbocycles. The van der Waals surface area contributed by atoms with Gasteiger partial charge in [0.15, 0.2) is 5.78 Å². The van der Waals surface area contributed by atoms with E-state index in [0.29, 0.717) is 17.9 Å². The zero-order chi connectivity index (χ0) is 12.7. The monoisotopic (exact) mass is 231 g/mol. The Labute approximate surface area is 102 Å². The van der Waals surface area contributed by atoms with Crippen LogP contribution in [-0.4, -0.2) is 11.5 Å². The number of allylic oxidation sites excluding steroid dienone is 6. The van der Waals surface area contributed by atoms with Gasteiger partial charge < -0.3 is 4.84 Å². The summed E-state index contributed by atoms with van der Waals surface area (Å²) in [4.78, 5) is 16.0. The normalized spacial score (nSPS) is 15.2. The summed E-state index contributed by atoms with van der Waals surface area (Å²) in [5.41, 5.74) is 1.55. The fraction of sp³-hybridized carbons (Fsp3) is 0.286. The van der Waals surface area contributed by atoms with E-state index in [-0.39, 0.29) is 5.78 Å². The predicted octanol–water partition coefficient (Wildman–Crippen LogP) is 3.31. The number of carbonyl (C=O) groups excluding carboxylic acids is 1. The van der Waals surface area contributed by atoms with Gasteiger partial charge in [-0.15, -0.1) is 0 Å². The molecule has 0 saturated carbocycles. The van der Waals surface area contributed by atoms with Crippen molar-refractivity contribution in [3.8, 4) is 0 Å². The highest BCUT2D eigenvalue weighted by molar-refractivity contribution is 6.37. The van der Waals surface area contributed by atoms with Crippen LogP contribution in [0.2, 0.25) is 0 Å². The summed E-state index contributed by atoms with van der Waals surface area (Å²) in [5.74, 6) is 0.442. The van der Waals surface area contributed by atoms with Crippen LogP contribution in [0.25, 0.3) is 0 Å². The molecular formula is C14H17NO2. The fourth-order valence-electron chi connectivity index (χ4n) is 1.24. The zero-order valence-corrected chi connectivity index (χ0v) is 10.3. The van der Waals surface area contributed by atoms with E-state index in [1.54, 1.807) is 6.92 Å². The molecule has 1 aliphatic carbocycles. The molecule has 0 N–H and O–H groups in total. The first kappa shape index (κ1) is 13.2. The van der Waals surface area contributed by atoms with Crippen molar-refractivity contribution in [1.82, 2.24) is 0 Å². The summed E-state index contributed by atoms with van der Waals surface area (Å²) in [6.45, 7) is 6.85. The molecule has 0 saturated heterocycles. The Morgan fingerprint density at radius 2 is 2.18 bits per heavy atom. The van der Waals surface area contributed by atoms with Gasteiger partial charge in [0.2, 0.25) is 0 Å². The summed E-state index contributed by atoms with van der Waals surface area (Å²) >= 11 is 0. The van der Waals surface area contributed by atoms with Gasteiger partial charge in [0.25, 0.3) is 0 Å². The molecule has 3 heteroatoms. The lowest BCUT2D eigenvalue weighted by Crippen LogP contribution is -2.05. The van der Waals surface area contributed by atoms with Crippen LogP contribution in [0.4, 0.5) is 0 Å². The average Bonchev–Trinajstić information content (AvgIpc) is 2.54. The second-order valence-corrected chi connectivity index (χ2v) is 3.88. The van der Waals surface area contributed by atoms with Gasteiger partial charge in [-0.25, -0.2) is 0 Å². The van der Waals surface area contributed by atoms with E-state index in [1.807, 2.05) is 24.3 Å². The topological polar surface area (TPSA) is 38.7 Å². The molecule has 0 bridgehead atoms. The summed E-state index contributed by atoms with van der Waals surface area (Å²) in [6, 6.07) is 0. The van der Waals surface area contributed by atoms with Crippen LogP contribution in [0.15, 0.2) is 53.4 Å². The fourth-order valence-corrected chi connectivity index (χ4v) is 1.24. The standard InChI is InChI=1S/C14H17NO2/c1-11(17-15-12(2)13(3)16)10-14-8-6-4-5-7-9-14/h4-8H,1,9-10H2,2-3H3/b15-12+. The van der Waals surface area contributed by atoms with Gasteiger partial charge in [-0.2, -0.15) is 0 Å². The first-order chi connectivity index (χ1) is 8.09. The average molecular weight is 231 g/mol. The molecule has 0 fully saturated rings. The van der Waals surface area contributed by atoms with E-state index >= 15 is 0 Å². The maximum Gasteiger partial charge on any atom is 0.177 e. The Morgan fingerprint density at radius 1 is 1.41 bits per heavy atom. The van der Waals surface area contributed by atoms with Gasteiger partial charge in [-0.1, -0.05) is 47.7 Å². The van der Waals surface area contributed by atoms with Crippen molar-refractivity contribution in [3.05, 3.63) is 48.3 Å². The molecule has 90 valence electrons. The maximum absolute atomic E-state index is 10.9. The summed E-state index contributed by atoms with van der Waals surface area (Å²) < 4.78 is 0. The number of ketones is 1. The van der Waals surface area contributed by atoms with Crippen molar-refractivity contribution in [2.24, 2.45) is 5.16 Å². The third-order valence-corrected chi connectivity index (χ3v) is 2.32. The molecule has 3 nitrogen and oxygen atoms in total. The number of nitrogens with zero attached hydrogens (tertiary/aromatic N) is 1. The number of rotatable bonds is 5. The van der Waals surface area contributed by atoms with Crippen LogP contribution in [0.1, 0.15) is 26.7 Å². The highest BCUT2D eigenvalue weighted by Gasteiger charge is 2.03. The minimum Gasteiger partial charge on any atom is -0.361 e. The molecule has 0 aliphatic heterocycles. The molecule has 0 heterocycles. The Morgan fingerprint density at radius 3 is 2.88 bits per heavy atom. The molecule has 0 unspecified atom stereocenters. The van der Waals surface area contributed by atoms with E-state index in [0.717, 1.165) is 6.42 Å². The molecule has 1 rings (SSSR count). The van der Waals surface area contributed by atoms with E-state index in [1.165, 1.54) is 12.5 Å². The number of carbonyl (C=O) groups is 1. The first-order valence-electron chi connectivity index (χ1n) is 5.51. The van der Waals surface area contributed by atoms with Gasteiger partial charge in [0.05, 0.1) is 0 Å². The van der Waals surface area contributed by atoms with Crippen molar-refractivity contribution in [1.29, 1.82) is 0 Å². The minimum absolute atomic E-state index is 0.0997. The van der Waals surface area contributed by atoms with E-state index < -0.39 is 0 Å². The Balaban J connectivity index is 2.48. The molecule has 0 atom stereocenters. The van der Waals surface area contributed by atoms with Crippen molar-refractivity contribution in [3.63, 3.8) is 0 Å². The largest absolute Gasteiger partial charge is 0.361 e. The number of hydrogen-bond acceptors (Lipinski definition) is 3. The number of oxime groups is 1. The molecule has 0 radical (unpaired) electrons. The second kappa shape index (κ2) is 6.63. The molecule has 17 heavy (non-hydrogen) atoms. The Hall–Kier alpha value is -1.90. The van der Waals surface area contributed by atoms with Gasteiger partial charge in [0, 0.05) is 13.3 Å². The predicted molar refractivity (Wildman–Crippen MR) is 69.6 cm³/mol. The van der Waals surface area contributed by atoms with Crippen LogP contribution in [-0.2, 0) is 9.63 Å². The maximum atomic E-state index is 10.9. The molecule has 1 aliphatic rings.